The smallest absolute Gasteiger partial charge is 0.342 e. The molecule has 0 aromatic carbocycles. The third kappa shape index (κ3) is 3.12. The van der Waals surface area contributed by atoms with Gasteiger partial charge < -0.3 is 14.8 Å². The zero-order chi connectivity index (χ0) is 20.1. The average molecular weight is 410 g/mol. The molecule has 0 aliphatic heterocycles. The number of halogens is 1. The molecule has 4 aliphatic rings. The molecule has 1 N–H and O–H groups in total. The highest BCUT2D eigenvalue weighted by molar-refractivity contribution is 6.32. The molecule has 9 heteroatoms. The summed E-state index contributed by atoms with van der Waals surface area (Å²) in [6.07, 6.45) is 6.34. The summed E-state index contributed by atoms with van der Waals surface area (Å²) in [6.45, 7) is 1.85. The topological polar surface area (TPSA) is 104 Å². The number of carbonyl (C=O) groups excluding carboxylic acids is 1. The van der Waals surface area contributed by atoms with E-state index in [4.69, 9.17) is 21.1 Å². The van der Waals surface area contributed by atoms with Crippen LogP contribution in [0.25, 0.3) is 0 Å². The second kappa shape index (κ2) is 7.15. The Balaban J connectivity index is 1.70. The van der Waals surface area contributed by atoms with E-state index in [1.165, 1.54) is 6.20 Å². The predicted octanol–water partition coefficient (Wildman–Crippen LogP) is 3.83. The number of hydrogen-bond acceptors (Lipinski definition) is 7. The van der Waals surface area contributed by atoms with Crippen LogP contribution in [-0.2, 0) is 9.47 Å². The average Bonchev–Trinajstić information content (AvgIpc) is 2.64. The van der Waals surface area contributed by atoms with Crippen LogP contribution in [-0.4, -0.2) is 41.2 Å². The lowest BCUT2D eigenvalue weighted by Gasteiger charge is -2.59. The van der Waals surface area contributed by atoms with Crippen LogP contribution in [0.4, 0.5) is 11.4 Å². The van der Waals surface area contributed by atoms with Crippen LogP contribution >= 0.6 is 11.6 Å². The first-order valence-corrected chi connectivity index (χ1v) is 10.1. The monoisotopic (exact) mass is 409 g/mol. The van der Waals surface area contributed by atoms with Gasteiger partial charge in [-0.05, 0) is 56.8 Å². The summed E-state index contributed by atoms with van der Waals surface area (Å²) in [5.74, 6) is 0.672. The fourth-order valence-corrected chi connectivity index (χ4v) is 5.97. The minimum Gasteiger partial charge on any atom is -0.462 e. The molecule has 5 rings (SSSR count). The number of methoxy groups -OCH3 is 1. The largest absolute Gasteiger partial charge is 0.462 e. The van der Waals surface area contributed by atoms with E-state index in [9.17, 15) is 14.9 Å². The van der Waals surface area contributed by atoms with E-state index in [-0.39, 0.29) is 40.3 Å². The summed E-state index contributed by atoms with van der Waals surface area (Å²) in [7, 11) is 1.78. The molecule has 0 spiro atoms. The van der Waals surface area contributed by atoms with Gasteiger partial charge in [0.15, 0.2) is 0 Å². The molecular weight excluding hydrogens is 386 g/mol. The van der Waals surface area contributed by atoms with E-state index in [1.807, 2.05) is 0 Å². The number of pyridine rings is 1. The zero-order valence-electron chi connectivity index (χ0n) is 15.9. The van der Waals surface area contributed by atoms with Gasteiger partial charge in [0.1, 0.15) is 11.3 Å². The minimum atomic E-state index is -0.644. The molecule has 4 bridgehead atoms. The second-order valence-electron chi connectivity index (χ2n) is 8.19. The fraction of sp³-hybridized carbons (Fsp3) is 0.684. The molecule has 4 aliphatic carbocycles. The Morgan fingerprint density at radius 2 is 2.07 bits per heavy atom. The van der Waals surface area contributed by atoms with Crippen LogP contribution in [0, 0.1) is 27.9 Å². The van der Waals surface area contributed by atoms with Crippen molar-refractivity contribution in [2.24, 2.45) is 17.8 Å². The molecule has 8 nitrogen and oxygen atoms in total. The van der Waals surface area contributed by atoms with E-state index >= 15 is 0 Å². The van der Waals surface area contributed by atoms with Gasteiger partial charge in [0, 0.05) is 19.3 Å². The van der Waals surface area contributed by atoms with E-state index in [2.05, 4.69) is 10.3 Å². The van der Waals surface area contributed by atoms with Gasteiger partial charge >= 0.3 is 11.7 Å². The van der Waals surface area contributed by atoms with Crippen LogP contribution in [0.5, 0.6) is 0 Å². The van der Waals surface area contributed by atoms with Crippen molar-refractivity contribution in [3.8, 4) is 0 Å². The summed E-state index contributed by atoms with van der Waals surface area (Å²) in [5, 5.41) is 14.8. The van der Waals surface area contributed by atoms with E-state index < -0.39 is 10.9 Å². The van der Waals surface area contributed by atoms with E-state index in [1.54, 1.807) is 14.0 Å². The zero-order valence-corrected chi connectivity index (χ0v) is 16.7. The summed E-state index contributed by atoms with van der Waals surface area (Å²) in [5.41, 5.74) is -0.274. The Hall–Kier alpha value is -1.93. The third-order valence-corrected chi connectivity index (χ3v) is 6.92. The van der Waals surface area contributed by atoms with Crippen molar-refractivity contribution < 1.29 is 19.2 Å². The first-order valence-electron chi connectivity index (χ1n) is 9.69. The Bertz CT molecular complexity index is 801. The van der Waals surface area contributed by atoms with Crippen molar-refractivity contribution in [3.63, 3.8) is 0 Å². The molecule has 1 aromatic rings. The quantitative estimate of drug-likeness (QED) is 0.329. The molecule has 5 atom stereocenters. The Labute approximate surface area is 168 Å². The lowest BCUT2D eigenvalue weighted by atomic mass is 9.52. The molecule has 0 saturated heterocycles. The molecule has 1 aromatic heterocycles. The number of rotatable bonds is 6. The van der Waals surface area contributed by atoms with Crippen LogP contribution < -0.4 is 5.32 Å². The highest BCUT2D eigenvalue weighted by Crippen LogP contribution is 2.58. The van der Waals surface area contributed by atoms with Crippen molar-refractivity contribution >= 4 is 28.9 Å². The molecule has 1 heterocycles. The highest BCUT2D eigenvalue weighted by atomic mass is 35.5. The molecule has 28 heavy (non-hydrogen) atoms. The summed E-state index contributed by atoms with van der Waals surface area (Å²) < 4.78 is 11.0. The van der Waals surface area contributed by atoms with Gasteiger partial charge in [-0.3, -0.25) is 10.1 Å². The number of aromatic nitrogens is 1. The molecule has 4 fully saturated rings. The van der Waals surface area contributed by atoms with Crippen LogP contribution in [0.1, 0.15) is 49.4 Å². The normalized spacial score (nSPS) is 33.0. The van der Waals surface area contributed by atoms with E-state index in [0.717, 1.165) is 32.1 Å². The molecule has 0 amide bonds. The predicted molar refractivity (Wildman–Crippen MR) is 103 cm³/mol. The number of anilines is 1. The second-order valence-corrected chi connectivity index (χ2v) is 8.55. The summed E-state index contributed by atoms with van der Waals surface area (Å²) in [6, 6.07) is 0.0326. The lowest BCUT2D eigenvalue weighted by molar-refractivity contribution is -0.384. The van der Waals surface area contributed by atoms with Crippen molar-refractivity contribution in [1.82, 2.24) is 4.98 Å². The molecule has 152 valence electrons. The van der Waals surface area contributed by atoms with Crippen LogP contribution in [0.15, 0.2) is 6.20 Å². The first-order chi connectivity index (χ1) is 13.4. The van der Waals surface area contributed by atoms with Gasteiger partial charge in [-0.25, -0.2) is 9.78 Å². The van der Waals surface area contributed by atoms with Gasteiger partial charge in [-0.2, -0.15) is 0 Å². The number of nitrogens with one attached hydrogen (secondary N) is 1. The van der Waals surface area contributed by atoms with Gasteiger partial charge in [-0.1, -0.05) is 11.6 Å². The molecule has 1 unspecified atom stereocenters. The number of nitro groups is 1. The minimum absolute atomic E-state index is 0.0326. The number of hydrogen-bond donors (Lipinski definition) is 1. The lowest BCUT2D eigenvalue weighted by Crippen LogP contribution is -2.59. The summed E-state index contributed by atoms with van der Waals surface area (Å²) in [4.78, 5) is 27.3. The molecular formula is C19H24ClN3O5. The van der Waals surface area contributed by atoms with Crippen LogP contribution in [0.2, 0.25) is 5.15 Å². The molecule has 0 radical (unpaired) electrons. The fourth-order valence-electron chi connectivity index (χ4n) is 5.76. The van der Waals surface area contributed by atoms with Crippen LogP contribution in [0.3, 0.4) is 0 Å². The Kier molecular flexibility index (Phi) is 4.95. The SMILES string of the molecule is CCOC(=O)c1cnc(Cl)c([N+](=O)[O-])c1N[C@@H]1[C@@H]2CC3C[C@H]1C[C@](OC)(C3)C2. The maximum Gasteiger partial charge on any atom is 0.342 e. The highest BCUT2D eigenvalue weighted by Gasteiger charge is 2.56. The number of esters is 1. The van der Waals surface area contributed by atoms with Gasteiger partial charge in [0.25, 0.3) is 0 Å². The maximum absolute atomic E-state index is 12.4. The maximum atomic E-state index is 12.4. The number of nitrogens with zero attached hydrogens (tertiary/aromatic N) is 2. The van der Waals surface area contributed by atoms with Crippen molar-refractivity contribution in [1.29, 1.82) is 0 Å². The Morgan fingerprint density at radius 1 is 1.39 bits per heavy atom. The first kappa shape index (κ1) is 19.4. The Morgan fingerprint density at radius 3 is 2.64 bits per heavy atom. The summed E-state index contributed by atoms with van der Waals surface area (Å²) >= 11 is 6.03. The third-order valence-electron chi connectivity index (χ3n) is 6.65. The molecule has 4 saturated carbocycles. The number of ether oxygens (including phenoxy) is 2. The number of carbonyl (C=O) groups is 1. The van der Waals surface area contributed by atoms with Crippen molar-refractivity contribution in [2.75, 3.05) is 19.0 Å². The van der Waals surface area contributed by atoms with Gasteiger partial charge in [-0.15, -0.1) is 0 Å². The van der Waals surface area contributed by atoms with Gasteiger partial charge in [0.05, 0.1) is 17.1 Å². The van der Waals surface area contributed by atoms with E-state index in [0.29, 0.717) is 17.8 Å². The van der Waals surface area contributed by atoms with Crippen molar-refractivity contribution in [3.05, 3.63) is 27.0 Å². The van der Waals surface area contributed by atoms with Crippen molar-refractivity contribution in [2.45, 2.75) is 50.7 Å². The standard InChI is InChI=1S/C19H24ClN3O5/c1-3-28-18(24)13-9-21-17(20)16(23(25)26)15(13)22-14-11-4-10-5-12(14)8-19(6-10,7-11)27-2/h9-12,14H,3-8H2,1-2H3,(H,21,22)/t10?,11-,12+,14-,19+. The van der Waals surface area contributed by atoms with Gasteiger partial charge in [0.2, 0.25) is 5.15 Å².